The molecule has 2 aromatic heterocycles. The molecule has 0 radical (unpaired) electrons. The highest BCUT2D eigenvalue weighted by Gasteiger charge is 2.03. The van der Waals surface area contributed by atoms with Crippen molar-refractivity contribution in [3.05, 3.63) is 28.6 Å². The van der Waals surface area contributed by atoms with Crippen LogP contribution in [0.4, 0.5) is 5.82 Å². The molecule has 14 heavy (non-hydrogen) atoms. The summed E-state index contributed by atoms with van der Waals surface area (Å²) in [4.78, 5) is 0. The lowest BCUT2D eigenvalue weighted by Crippen LogP contribution is -2.00. The van der Waals surface area contributed by atoms with Gasteiger partial charge in [0.1, 0.15) is 0 Å². The first-order chi connectivity index (χ1) is 6.65. The van der Waals surface area contributed by atoms with E-state index in [1.165, 1.54) is 0 Å². The van der Waals surface area contributed by atoms with Crippen LogP contribution in [0, 0.1) is 0 Å². The molecule has 2 rings (SSSR count). The second-order valence-electron chi connectivity index (χ2n) is 3.08. The molecule has 0 aliphatic heterocycles. The van der Waals surface area contributed by atoms with Gasteiger partial charge in [-0.3, -0.25) is 9.36 Å². The van der Waals surface area contributed by atoms with E-state index in [1.54, 1.807) is 9.36 Å². The summed E-state index contributed by atoms with van der Waals surface area (Å²) in [6.07, 6.45) is 5.61. The maximum atomic E-state index is 5.60. The molecule has 0 aliphatic rings. The van der Waals surface area contributed by atoms with Crippen molar-refractivity contribution >= 4 is 21.7 Å². The predicted molar refractivity (Wildman–Crippen MR) is 56.6 cm³/mol. The lowest BCUT2D eigenvalue weighted by atomic mass is 10.4. The van der Waals surface area contributed by atoms with E-state index >= 15 is 0 Å². The monoisotopic (exact) mass is 255 g/mol. The summed E-state index contributed by atoms with van der Waals surface area (Å²) in [7, 11) is 1.89. The average Bonchev–Trinajstić information content (AvgIpc) is 2.62. The number of nitrogen functional groups attached to an aromatic ring is 1. The van der Waals surface area contributed by atoms with Crippen LogP contribution in [0.5, 0.6) is 0 Å². The molecule has 0 unspecified atom stereocenters. The molecule has 0 spiro atoms. The fourth-order valence-electron chi connectivity index (χ4n) is 1.23. The van der Waals surface area contributed by atoms with Gasteiger partial charge in [0.05, 0.1) is 17.2 Å². The zero-order valence-corrected chi connectivity index (χ0v) is 9.27. The molecule has 0 amide bonds. The lowest BCUT2D eigenvalue weighted by Gasteiger charge is -1.95. The van der Waals surface area contributed by atoms with Gasteiger partial charge in [-0.2, -0.15) is 10.2 Å². The first kappa shape index (κ1) is 9.26. The minimum atomic E-state index is 0.508. The standard InChI is InChI=1S/C8H10BrN5/c1-13-3-6(2-11-13)4-14-5-7(9)8(10)12-14/h2-3,5H,4H2,1H3,(H2,10,12). The van der Waals surface area contributed by atoms with E-state index in [2.05, 4.69) is 26.1 Å². The van der Waals surface area contributed by atoms with Crippen LogP contribution in [-0.4, -0.2) is 19.6 Å². The Labute approximate surface area is 89.6 Å². The van der Waals surface area contributed by atoms with E-state index in [0.717, 1.165) is 10.0 Å². The number of anilines is 1. The van der Waals surface area contributed by atoms with Crippen LogP contribution in [0.25, 0.3) is 0 Å². The molecule has 0 aliphatic carbocycles. The number of rotatable bonds is 2. The topological polar surface area (TPSA) is 61.7 Å². The number of hydrogen-bond donors (Lipinski definition) is 1. The Balaban J connectivity index is 2.18. The van der Waals surface area contributed by atoms with Gasteiger partial charge in [-0.05, 0) is 15.9 Å². The van der Waals surface area contributed by atoms with Crippen molar-refractivity contribution in [2.24, 2.45) is 7.05 Å². The third-order valence-corrected chi connectivity index (χ3v) is 2.46. The molecule has 0 bridgehead atoms. The molecular weight excluding hydrogens is 246 g/mol. The van der Waals surface area contributed by atoms with Crippen molar-refractivity contribution in [2.45, 2.75) is 6.54 Å². The normalized spacial score (nSPS) is 10.7. The van der Waals surface area contributed by atoms with Gasteiger partial charge < -0.3 is 5.73 Å². The van der Waals surface area contributed by atoms with Crippen LogP contribution in [0.3, 0.4) is 0 Å². The zero-order chi connectivity index (χ0) is 10.1. The number of aryl methyl sites for hydroxylation is 1. The Kier molecular flexibility index (Phi) is 2.28. The number of aromatic nitrogens is 4. The summed E-state index contributed by atoms with van der Waals surface area (Å²) in [5.41, 5.74) is 6.70. The summed E-state index contributed by atoms with van der Waals surface area (Å²) < 4.78 is 4.36. The maximum absolute atomic E-state index is 5.60. The smallest absolute Gasteiger partial charge is 0.159 e. The first-order valence-corrected chi connectivity index (χ1v) is 4.90. The minimum Gasteiger partial charge on any atom is -0.381 e. The Morgan fingerprint density at radius 3 is 2.79 bits per heavy atom. The number of halogens is 1. The molecule has 0 atom stereocenters. The SMILES string of the molecule is Cn1cc(Cn2cc(Br)c(N)n2)cn1. The third-order valence-electron chi connectivity index (χ3n) is 1.85. The van der Waals surface area contributed by atoms with Crippen molar-refractivity contribution in [3.63, 3.8) is 0 Å². The number of nitrogens with two attached hydrogens (primary N) is 1. The highest BCUT2D eigenvalue weighted by atomic mass is 79.9. The van der Waals surface area contributed by atoms with E-state index in [4.69, 9.17) is 5.73 Å². The van der Waals surface area contributed by atoms with Crippen LogP contribution >= 0.6 is 15.9 Å². The molecule has 0 fully saturated rings. The third kappa shape index (κ3) is 1.79. The van der Waals surface area contributed by atoms with Crippen LogP contribution in [-0.2, 0) is 13.6 Å². The van der Waals surface area contributed by atoms with Crippen LogP contribution < -0.4 is 5.73 Å². The van der Waals surface area contributed by atoms with Gasteiger partial charge >= 0.3 is 0 Å². The molecular formula is C8H10BrN5. The van der Waals surface area contributed by atoms with E-state index in [-0.39, 0.29) is 0 Å². The summed E-state index contributed by atoms with van der Waals surface area (Å²) in [5.74, 6) is 0.508. The predicted octanol–water partition coefficient (Wildman–Crippen LogP) is 1.01. The Bertz CT molecular complexity index is 425. The second-order valence-corrected chi connectivity index (χ2v) is 3.94. The quantitative estimate of drug-likeness (QED) is 0.872. The van der Waals surface area contributed by atoms with Gasteiger partial charge in [0.15, 0.2) is 5.82 Å². The van der Waals surface area contributed by atoms with Gasteiger partial charge in [0.2, 0.25) is 0 Å². The van der Waals surface area contributed by atoms with Crippen LogP contribution in [0.1, 0.15) is 5.56 Å². The van der Waals surface area contributed by atoms with Crippen molar-refractivity contribution < 1.29 is 0 Å². The van der Waals surface area contributed by atoms with Gasteiger partial charge in [-0.15, -0.1) is 0 Å². The number of nitrogens with zero attached hydrogens (tertiary/aromatic N) is 4. The minimum absolute atomic E-state index is 0.508. The van der Waals surface area contributed by atoms with Gasteiger partial charge in [0, 0.05) is 25.0 Å². The zero-order valence-electron chi connectivity index (χ0n) is 7.68. The Hall–Kier alpha value is -1.30. The summed E-state index contributed by atoms with van der Waals surface area (Å²) >= 11 is 3.31. The van der Waals surface area contributed by atoms with Crippen LogP contribution in [0.15, 0.2) is 23.1 Å². The first-order valence-electron chi connectivity index (χ1n) is 4.11. The molecule has 2 aromatic rings. The molecule has 2 N–H and O–H groups in total. The van der Waals surface area contributed by atoms with Crippen molar-refractivity contribution in [1.82, 2.24) is 19.6 Å². The fraction of sp³-hybridized carbons (Fsp3) is 0.250. The van der Waals surface area contributed by atoms with E-state index in [0.29, 0.717) is 12.4 Å². The summed E-state index contributed by atoms with van der Waals surface area (Å²) in [6, 6.07) is 0. The Morgan fingerprint density at radius 1 is 1.50 bits per heavy atom. The summed E-state index contributed by atoms with van der Waals surface area (Å²) in [5, 5.41) is 8.20. The lowest BCUT2D eigenvalue weighted by molar-refractivity contribution is 0.688. The van der Waals surface area contributed by atoms with Crippen molar-refractivity contribution in [2.75, 3.05) is 5.73 Å². The number of hydrogen-bond acceptors (Lipinski definition) is 3. The molecule has 0 aromatic carbocycles. The van der Waals surface area contributed by atoms with Crippen LogP contribution in [0.2, 0.25) is 0 Å². The molecule has 5 nitrogen and oxygen atoms in total. The highest BCUT2D eigenvalue weighted by molar-refractivity contribution is 9.10. The van der Waals surface area contributed by atoms with Gasteiger partial charge in [0.25, 0.3) is 0 Å². The van der Waals surface area contributed by atoms with Crippen molar-refractivity contribution in [3.8, 4) is 0 Å². The molecule has 74 valence electrons. The fourth-order valence-corrected chi connectivity index (χ4v) is 1.55. The molecule has 0 saturated carbocycles. The van der Waals surface area contributed by atoms with Gasteiger partial charge in [-0.1, -0.05) is 0 Å². The Morgan fingerprint density at radius 2 is 2.29 bits per heavy atom. The molecule has 0 saturated heterocycles. The highest BCUT2D eigenvalue weighted by Crippen LogP contribution is 2.16. The summed E-state index contributed by atoms with van der Waals surface area (Å²) in [6.45, 7) is 0.684. The molecule has 2 heterocycles. The largest absolute Gasteiger partial charge is 0.381 e. The maximum Gasteiger partial charge on any atom is 0.159 e. The van der Waals surface area contributed by atoms with E-state index in [1.807, 2.05) is 25.6 Å². The van der Waals surface area contributed by atoms with E-state index in [9.17, 15) is 0 Å². The molecule has 6 heteroatoms. The van der Waals surface area contributed by atoms with Crippen molar-refractivity contribution in [1.29, 1.82) is 0 Å². The average molecular weight is 256 g/mol. The van der Waals surface area contributed by atoms with E-state index < -0.39 is 0 Å². The van der Waals surface area contributed by atoms with Gasteiger partial charge in [-0.25, -0.2) is 0 Å². The second kappa shape index (κ2) is 3.45.